The molecule has 6 heteroatoms. The van der Waals surface area contributed by atoms with E-state index in [-0.39, 0.29) is 11.7 Å². The standard InChI is InChI=1S/C20H19N3O2S/c24-18(15-7-2-1-3-8-15)10-6-11-19(25)22-13-16-14-26-20(23-16)17-9-4-5-12-21-17/h1-5,7-9,12,14H,6,10-11,13H2,(H,22,25). The van der Waals surface area contributed by atoms with Crippen LogP contribution in [0.25, 0.3) is 10.7 Å². The number of aromatic nitrogens is 2. The van der Waals surface area contributed by atoms with Gasteiger partial charge in [-0.2, -0.15) is 0 Å². The zero-order valence-electron chi connectivity index (χ0n) is 14.2. The molecule has 0 bridgehead atoms. The molecule has 1 aromatic carbocycles. The Labute approximate surface area is 156 Å². The summed E-state index contributed by atoms with van der Waals surface area (Å²) in [6.07, 6.45) is 2.97. The van der Waals surface area contributed by atoms with Crippen molar-refractivity contribution in [1.29, 1.82) is 0 Å². The maximum atomic E-state index is 12.0. The summed E-state index contributed by atoms with van der Waals surface area (Å²) in [5.74, 6) is -0.00356. The van der Waals surface area contributed by atoms with Crippen molar-refractivity contribution in [3.8, 4) is 10.7 Å². The SMILES string of the molecule is O=C(CCCC(=O)c1ccccc1)NCc1csc(-c2ccccn2)n1. The number of Topliss-reactive ketones (excluding diaryl/α,β-unsaturated/α-hetero) is 1. The molecule has 0 aliphatic carbocycles. The number of nitrogens with one attached hydrogen (secondary N) is 1. The Morgan fingerprint density at radius 3 is 2.58 bits per heavy atom. The van der Waals surface area contributed by atoms with Crippen LogP contribution in [-0.2, 0) is 11.3 Å². The molecule has 132 valence electrons. The number of hydrogen-bond acceptors (Lipinski definition) is 5. The van der Waals surface area contributed by atoms with Crippen molar-refractivity contribution in [2.24, 2.45) is 0 Å². The zero-order chi connectivity index (χ0) is 18.2. The van der Waals surface area contributed by atoms with Crippen LogP contribution >= 0.6 is 11.3 Å². The van der Waals surface area contributed by atoms with E-state index in [1.807, 2.05) is 41.8 Å². The van der Waals surface area contributed by atoms with Crippen molar-refractivity contribution in [2.45, 2.75) is 25.8 Å². The Kier molecular flexibility index (Phi) is 6.22. The van der Waals surface area contributed by atoms with Crippen molar-refractivity contribution >= 4 is 23.0 Å². The average molecular weight is 365 g/mol. The first kappa shape index (κ1) is 17.9. The van der Waals surface area contributed by atoms with Crippen molar-refractivity contribution < 1.29 is 9.59 Å². The number of benzene rings is 1. The minimum atomic E-state index is -0.0711. The van der Waals surface area contributed by atoms with Gasteiger partial charge in [0.1, 0.15) is 5.01 Å². The number of thiazole rings is 1. The second-order valence-electron chi connectivity index (χ2n) is 5.78. The van der Waals surface area contributed by atoms with Crippen LogP contribution in [0.2, 0.25) is 0 Å². The predicted octanol–water partition coefficient (Wildman–Crippen LogP) is 3.87. The Morgan fingerprint density at radius 2 is 1.81 bits per heavy atom. The van der Waals surface area contributed by atoms with E-state index < -0.39 is 0 Å². The molecule has 2 aromatic heterocycles. The molecule has 3 rings (SSSR count). The Bertz CT molecular complexity index is 863. The fraction of sp³-hybridized carbons (Fsp3) is 0.200. The summed E-state index contributed by atoms with van der Waals surface area (Å²) in [7, 11) is 0. The summed E-state index contributed by atoms with van der Waals surface area (Å²) in [5.41, 5.74) is 2.33. The lowest BCUT2D eigenvalue weighted by molar-refractivity contribution is -0.121. The molecule has 5 nitrogen and oxygen atoms in total. The van der Waals surface area contributed by atoms with Crippen molar-refractivity contribution in [2.75, 3.05) is 0 Å². The quantitative estimate of drug-likeness (QED) is 0.615. The Morgan fingerprint density at radius 1 is 1.00 bits per heavy atom. The van der Waals surface area contributed by atoms with Gasteiger partial charge in [0.25, 0.3) is 0 Å². The molecular weight excluding hydrogens is 346 g/mol. The smallest absolute Gasteiger partial charge is 0.220 e. The molecule has 0 aliphatic heterocycles. The van der Waals surface area contributed by atoms with Crippen molar-refractivity contribution in [1.82, 2.24) is 15.3 Å². The summed E-state index contributed by atoms with van der Waals surface area (Å²) in [5, 5.41) is 5.61. The molecule has 0 saturated carbocycles. The normalized spacial score (nSPS) is 10.5. The van der Waals surface area contributed by atoms with Crippen molar-refractivity contribution in [3.05, 3.63) is 71.4 Å². The van der Waals surface area contributed by atoms with Crippen LogP contribution < -0.4 is 5.32 Å². The van der Waals surface area contributed by atoms with Gasteiger partial charge in [0.05, 0.1) is 17.9 Å². The highest BCUT2D eigenvalue weighted by Gasteiger charge is 2.09. The topological polar surface area (TPSA) is 72.0 Å². The summed E-state index contributed by atoms with van der Waals surface area (Å²) in [6, 6.07) is 14.8. The predicted molar refractivity (Wildman–Crippen MR) is 102 cm³/mol. The number of hydrogen-bond donors (Lipinski definition) is 1. The van der Waals surface area contributed by atoms with E-state index in [4.69, 9.17) is 0 Å². The minimum Gasteiger partial charge on any atom is -0.350 e. The lowest BCUT2D eigenvalue weighted by atomic mass is 10.1. The maximum Gasteiger partial charge on any atom is 0.220 e. The molecule has 1 N–H and O–H groups in total. The number of carbonyl (C=O) groups is 2. The van der Waals surface area contributed by atoms with E-state index in [1.54, 1.807) is 18.3 Å². The summed E-state index contributed by atoms with van der Waals surface area (Å²) >= 11 is 1.50. The summed E-state index contributed by atoms with van der Waals surface area (Å²) in [6.45, 7) is 0.384. The first-order chi connectivity index (χ1) is 12.7. The molecule has 0 radical (unpaired) electrons. The van der Waals surface area contributed by atoms with E-state index in [2.05, 4.69) is 15.3 Å². The third kappa shape index (κ3) is 5.07. The third-order valence-corrected chi connectivity index (χ3v) is 4.72. The summed E-state index contributed by atoms with van der Waals surface area (Å²) in [4.78, 5) is 32.7. The van der Waals surface area contributed by atoms with Crippen LogP contribution in [0.5, 0.6) is 0 Å². The molecule has 26 heavy (non-hydrogen) atoms. The minimum absolute atomic E-state index is 0.0675. The van der Waals surface area contributed by atoms with E-state index in [0.29, 0.717) is 31.4 Å². The van der Waals surface area contributed by atoms with Gasteiger partial charge < -0.3 is 5.32 Å². The lowest BCUT2D eigenvalue weighted by Gasteiger charge is -2.03. The Hall–Kier alpha value is -2.86. The maximum absolute atomic E-state index is 12.0. The van der Waals surface area contributed by atoms with Crippen LogP contribution in [0.1, 0.15) is 35.3 Å². The molecule has 0 aliphatic rings. The second-order valence-corrected chi connectivity index (χ2v) is 6.64. The van der Waals surface area contributed by atoms with E-state index >= 15 is 0 Å². The number of amides is 1. The molecule has 3 aromatic rings. The van der Waals surface area contributed by atoms with Gasteiger partial charge in [-0.25, -0.2) is 4.98 Å². The van der Waals surface area contributed by atoms with Gasteiger partial charge >= 0.3 is 0 Å². The van der Waals surface area contributed by atoms with Crippen LogP contribution in [0.3, 0.4) is 0 Å². The molecule has 0 fully saturated rings. The monoisotopic (exact) mass is 365 g/mol. The van der Waals surface area contributed by atoms with Crippen LogP contribution in [-0.4, -0.2) is 21.7 Å². The number of rotatable bonds is 8. The van der Waals surface area contributed by atoms with E-state index in [0.717, 1.165) is 16.4 Å². The van der Waals surface area contributed by atoms with E-state index in [9.17, 15) is 9.59 Å². The third-order valence-electron chi connectivity index (χ3n) is 3.81. The first-order valence-corrected chi connectivity index (χ1v) is 9.31. The van der Waals surface area contributed by atoms with Crippen molar-refractivity contribution in [3.63, 3.8) is 0 Å². The van der Waals surface area contributed by atoms with Crippen LogP contribution in [0.4, 0.5) is 0 Å². The van der Waals surface area contributed by atoms with Crippen LogP contribution in [0.15, 0.2) is 60.1 Å². The molecule has 0 unspecified atom stereocenters. The molecule has 2 heterocycles. The first-order valence-electron chi connectivity index (χ1n) is 8.43. The highest BCUT2D eigenvalue weighted by molar-refractivity contribution is 7.13. The number of carbonyl (C=O) groups excluding carboxylic acids is 2. The average Bonchev–Trinajstić information content (AvgIpc) is 3.17. The zero-order valence-corrected chi connectivity index (χ0v) is 15.0. The van der Waals surface area contributed by atoms with Gasteiger partial charge in [-0.1, -0.05) is 36.4 Å². The van der Waals surface area contributed by atoms with Gasteiger partial charge in [0.2, 0.25) is 5.91 Å². The number of ketones is 1. The van der Waals surface area contributed by atoms with E-state index in [1.165, 1.54) is 11.3 Å². The summed E-state index contributed by atoms with van der Waals surface area (Å²) < 4.78 is 0. The lowest BCUT2D eigenvalue weighted by Crippen LogP contribution is -2.22. The fourth-order valence-corrected chi connectivity index (χ4v) is 3.25. The van der Waals surface area contributed by atoms with Gasteiger partial charge in [-0.05, 0) is 18.6 Å². The molecule has 1 amide bonds. The van der Waals surface area contributed by atoms with Gasteiger partial charge in [-0.15, -0.1) is 11.3 Å². The highest BCUT2D eigenvalue weighted by atomic mass is 32.1. The fourth-order valence-electron chi connectivity index (χ4n) is 2.45. The number of pyridine rings is 1. The van der Waals surface area contributed by atoms with Crippen LogP contribution in [0, 0.1) is 0 Å². The Balaban J connectivity index is 1.41. The molecule has 0 atom stereocenters. The van der Waals surface area contributed by atoms with Gasteiger partial charge in [0.15, 0.2) is 5.78 Å². The van der Waals surface area contributed by atoms with Gasteiger partial charge in [0, 0.05) is 30.0 Å². The highest BCUT2D eigenvalue weighted by Crippen LogP contribution is 2.21. The molecule has 0 spiro atoms. The molecular formula is C20H19N3O2S. The number of nitrogens with zero attached hydrogens (tertiary/aromatic N) is 2. The van der Waals surface area contributed by atoms with Gasteiger partial charge in [-0.3, -0.25) is 14.6 Å². The molecule has 0 saturated heterocycles. The largest absolute Gasteiger partial charge is 0.350 e. The second kappa shape index (κ2) is 9.01.